The van der Waals surface area contributed by atoms with E-state index < -0.39 is 0 Å². The van der Waals surface area contributed by atoms with Crippen LogP contribution < -0.4 is 20.7 Å². The molecule has 27 heavy (non-hydrogen) atoms. The van der Waals surface area contributed by atoms with Gasteiger partial charge in [-0.1, -0.05) is 18.2 Å². The van der Waals surface area contributed by atoms with E-state index in [9.17, 15) is 9.59 Å². The Balaban J connectivity index is 1.60. The normalized spacial score (nSPS) is 20.4. The molecule has 0 bridgehead atoms. The number of ether oxygens (including phenoxy) is 2. The fourth-order valence-corrected chi connectivity index (χ4v) is 2.99. The Bertz CT molecular complexity index is 780. The van der Waals surface area contributed by atoms with Crippen molar-refractivity contribution in [2.45, 2.75) is 18.6 Å². The van der Waals surface area contributed by atoms with Crippen LogP contribution in [0.25, 0.3) is 0 Å². The first kappa shape index (κ1) is 18.5. The highest BCUT2D eigenvalue weighted by Crippen LogP contribution is 2.31. The summed E-state index contributed by atoms with van der Waals surface area (Å²) < 4.78 is 10.9. The van der Waals surface area contributed by atoms with Crippen LogP contribution in [0.5, 0.6) is 5.75 Å². The lowest BCUT2D eigenvalue weighted by atomic mass is 10.0. The summed E-state index contributed by atoms with van der Waals surface area (Å²) in [4.78, 5) is 26.8. The van der Waals surface area contributed by atoms with Crippen LogP contribution >= 0.6 is 0 Å². The molecule has 0 aromatic heterocycles. The van der Waals surface area contributed by atoms with Gasteiger partial charge in [0.05, 0.1) is 19.7 Å². The van der Waals surface area contributed by atoms with Crippen LogP contribution in [-0.4, -0.2) is 45.1 Å². The van der Waals surface area contributed by atoms with E-state index in [1.165, 1.54) is 6.40 Å². The molecule has 0 radical (unpaired) electrons. The Morgan fingerprint density at radius 3 is 3.07 bits per heavy atom. The van der Waals surface area contributed by atoms with Gasteiger partial charge in [0.2, 0.25) is 6.41 Å². The quantitative estimate of drug-likeness (QED) is 0.638. The van der Waals surface area contributed by atoms with Gasteiger partial charge in [0.25, 0.3) is 0 Å². The summed E-state index contributed by atoms with van der Waals surface area (Å²) in [5.41, 5.74) is 2.45. The van der Waals surface area contributed by atoms with Crippen LogP contribution in [0.4, 0.5) is 10.5 Å². The average Bonchev–Trinajstić information content (AvgIpc) is 3.21. The van der Waals surface area contributed by atoms with Crippen molar-refractivity contribution in [2.75, 3.05) is 25.5 Å². The molecule has 2 atom stereocenters. The Morgan fingerprint density at radius 2 is 2.33 bits per heavy atom. The maximum absolute atomic E-state index is 12.3. The summed E-state index contributed by atoms with van der Waals surface area (Å²) >= 11 is 0. The Hall–Kier alpha value is -3.29. The molecule has 142 valence electrons. The summed E-state index contributed by atoms with van der Waals surface area (Å²) in [6.07, 6.45) is 8.45. The van der Waals surface area contributed by atoms with E-state index in [0.717, 1.165) is 11.1 Å². The zero-order chi connectivity index (χ0) is 19.1. The first-order chi connectivity index (χ1) is 13.2. The van der Waals surface area contributed by atoms with Gasteiger partial charge in [-0.25, -0.2) is 4.79 Å². The van der Waals surface area contributed by atoms with Crippen molar-refractivity contribution in [1.29, 1.82) is 0 Å². The topological polar surface area (TPSA) is 101 Å². The summed E-state index contributed by atoms with van der Waals surface area (Å²) in [7, 11) is 1.58. The van der Waals surface area contributed by atoms with Gasteiger partial charge in [-0.15, -0.1) is 0 Å². The van der Waals surface area contributed by atoms with Gasteiger partial charge < -0.3 is 25.4 Å². The fraction of sp³-hybridized carbons (Fsp3) is 0.316. The van der Waals surface area contributed by atoms with E-state index in [4.69, 9.17) is 9.47 Å². The summed E-state index contributed by atoms with van der Waals surface area (Å²) in [5.74, 6) is 0.631. The number of amides is 3. The third kappa shape index (κ3) is 4.87. The monoisotopic (exact) mass is 370 g/mol. The van der Waals surface area contributed by atoms with Gasteiger partial charge in [0.15, 0.2) is 6.40 Å². The number of hydrogen-bond acceptors (Lipinski definition) is 5. The number of methoxy groups -OCH3 is 1. The van der Waals surface area contributed by atoms with Crippen molar-refractivity contribution in [3.05, 3.63) is 47.6 Å². The van der Waals surface area contributed by atoms with E-state index in [1.807, 2.05) is 24.3 Å². The molecule has 0 fully saturated rings. The van der Waals surface area contributed by atoms with Crippen molar-refractivity contribution in [2.24, 2.45) is 4.99 Å². The standard InChI is InChI=1S/C19H22N4O4/c1-26-17-8-15(5-6-16(17)18-10-21-12-27-18)23-19(25)22-14-4-2-3-13(7-14)9-20-11-24/h2-3,5-8,11-12,14,18H,4,9-10H2,1H3,(H,20,24)(H2,22,23,25). The minimum absolute atomic E-state index is 0.136. The van der Waals surface area contributed by atoms with Crippen molar-refractivity contribution in [3.8, 4) is 5.75 Å². The lowest BCUT2D eigenvalue weighted by molar-refractivity contribution is -0.109. The predicted molar refractivity (Wildman–Crippen MR) is 102 cm³/mol. The minimum Gasteiger partial charge on any atom is -0.496 e. The van der Waals surface area contributed by atoms with Gasteiger partial charge in [-0.2, -0.15) is 0 Å². The lowest BCUT2D eigenvalue weighted by Crippen LogP contribution is -2.37. The Labute approximate surface area is 157 Å². The van der Waals surface area contributed by atoms with E-state index >= 15 is 0 Å². The molecule has 2 aliphatic rings. The highest BCUT2D eigenvalue weighted by Gasteiger charge is 2.20. The summed E-state index contributed by atoms with van der Waals surface area (Å²) in [5, 5.41) is 8.33. The first-order valence-corrected chi connectivity index (χ1v) is 8.63. The van der Waals surface area contributed by atoms with Gasteiger partial charge in [-0.3, -0.25) is 9.79 Å². The molecule has 2 unspecified atom stereocenters. The highest BCUT2D eigenvalue weighted by atomic mass is 16.5. The van der Waals surface area contributed by atoms with Crippen LogP contribution in [0.15, 0.2) is 47.0 Å². The number of benzene rings is 1. The number of rotatable bonds is 7. The van der Waals surface area contributed by atoms with Crippen LogP contribution in [-0.2, 0) is 9.53 Å². The molecular weight excluding hydrogens is 348 g/mol. The van der Waals surface area contributed by atoms with Crippen molar-refractivity contribution < 1.29 is 19.1 Å². The maximum Gasteiger partial charge on any atom is 0.319 e. The van der Waals surface area contributed by atoms with E-state index in [2.05, 4.69) is 20.9 Å². The molecule has 3 N–H and O–H groups in total. The molecule has 0 saturated heterocycles. The molecule has 1 heterocycles. The SMILES string of the molecule is COc1cc(NC(=O)NC2C=C(CNC=O)C=CC2)ccc1C1CN=CO1. The van der Waals surface area contributed by atoms with Crippen LogP contribution in [0.3, 0.4) is 0 Å². The Kier molecular flexibility index (Phi) is 6.09. The molecule has 3 rings (SSSR count). The largest absolute Gasteiger partial charge is 0.496 e. The van der Waals surface area contributed by atoms with Crippen LogP contribution in [0.1, 0.15) is 18.1 Å². The number of urea groups is 1. The number of carbonyl (C=O) groups is 2. The number of nitrogens with one attached hydrogen (secondary N) is 3. The molecule has 1 aliphatic heterocycles. The fourth-order valence-electron chi connectivity index (χ4n) is 2.99. The zero-order valence-electron chi connectivity index (χ0n) is 15.0. The molecule has 1 aliphatic carbocycles. The molecule has 1 aromatic carbocycles. The van der Waals surface area contributed by atoms with Gasteiger partial charge in [-0.05, 0) is 24.1 Å². The molecule has 8 heteroatoms. The second-order valence-corrected chi connectivity index (χ2v) is 6.14. The van der Waals surface area contributed by atoms with Crippen molar-refractivity contribution in [1.82, 2.24) is 10.6 Å². The minimum atomic E-state index is -0.315. The molecule has 3 amide bonds. The third-order valence-corrected chi connectivity index (χ3v) is 4.25. The number of hydrogen-bond donors (Lipinski definition) is 3. The second kappa shape index (κ2) is 8.88. The third-order valence-electron chi connectivity index (χ3n) is 4.25. The van der Waals surface area contributed by atoms with Crippen LogP contribution in [0, 0.1) is 0 Å². The van der Waals surface area contributed by atoms with Crippen LogP contribution in [0.2, 0.25) is 0 Å². The number of aliphatic imine (C=N–C) groups is 1. The van der Waals surface area contributed by atoms with E-state index in [0.29, 0.717) is 37.4 Å². The smallest absolute Gasteiger partial charge is 0.319 e. The lowest BCUT2D eigenvalue weighted by Gasteiger charge is -2.19. The molecular formula is C19H22N4O4. The molecule has 0 spiro atoms. The number of nitrogens with zero attached hydrogens (tertiary/aromatic N) is 1. The summed E-state index contributed by atoms with van der Waals surface area (Å²) in [6, 6.07) is 4.97. The predicted octanol–water partition coefficient (Wildman–Crippen LogP) is 1.92. The molecule has 0 saturated carbocycles. The van der Waals surface area contributed by atoms with Gasteiger partial charge in [0.1, 0.15) is 11.9 Å². The first-order valence-electron chi connectivity index (χ1n) is 8.63. The molecule has 1 aromatic rings. The second-order valence-electron chi connectivity index (χ2n) is 6.14. The Morgan fingerprint density at radius 1 is 1.44 bits per heavy atom. The van der Waals surface area contributed by atoms with Gasteiger partial charge in [0, 0.05) is 23.9 Å². The van der Waals surface area contributed by atoms with Crippen molar-refractivity contribution in [3.63, 3.8) is 0 Å². The van der Waals surface area contributed by atoms with Crippen molar-refractivity contribution >= 4 is 24.5 Å². The number of carbonyl (C=O) groups excluding carboxylic acids is 2. The number of anilines is 1. The zero-order valence-corrected chi connectivity index (χ0v) is 15.0. The summed E-state index contributed by atoms with van der Waals surface area (Å²) in [6.45, 7) is 0.984. The molecule has 8 nitrogen and oxygen atoms in total. The van der Waals surface area contributed by atoms with E-state index in [1.54, 1.807) is 19.2 Å². The average molecular weight is 370 g/mol. The maximum atomic E-state index is 12.3. The highest BCUT2D eigenvalue weighted by molar-refractivity contribution is 5.90. The van der Waals surface area contributed by atoms with E-state index in [-0.39, 0.29) is 18.2 Å². The van der Waals surface area contributed by atoms with Gasteiger partial charge >= 0.3 is 6.03 Å².